The van der Waals surface area contributed by atoms with Gasteiger partial charge in [-0.25, -0.2) is 18.6 Å². The van der Waals surface area contributed by atoms with Crippen LogP contribution in [0, 0.1) is 6.92 Å². The second-order valence-corrected chi connectivity index (χ2v) is 11.6. The van der Waals surface area contributed by atoms with Crippen molar-refractivity contribution >= 4 is 32.9 Å². The summed E-state index contributed by atoms with van der Waals surface area (Å²) in [6.45, 7) is 2.33. The molecule has 212 valence electrons. The summed E-state index contributed by atoms with van der Waals surface area (Å²) in [6, 6.07) is 36.5. The average Bonchev–Trinajstić information content (AvgIpc) is 3.01. The van der Waals surface area contributed by atoms with E-state index in [9.17, 15) is 13.2 Å². The summed E-state index contributed by atoms with van der Waals surface area (Å²) in [4.78, 5) is 12.9. The molecule has 2 N–H and O–H groups in total. The van der Waals surface area contributed by atoms with Crippen molar-refractivity contribution in [2.45, 2.75) is 30.9 Å². The van der Waals surface area contributed by atoms with Crippen molar-refractivity contribution in [1.29, 1.82) is 0 Å². The zero-order valence-electron chi connectivity index (χ0n) is 23.1. The number of hydrazone groups is 1. The molecule has 5 aromatic carbocycles. The number of nitrogens with one attached hydrogen (secondary N) is 2. The van der Waals surface area contributed by atoms with Crippen molar-refractivity contribution < 1.29 is 17.9 Å². The number of benzene rings is 5. The van der Waals surface area contributed by atoms with E-state index in [-0.39, 0.29) is 11.3 Å². The molecule has 1 atom stereocenters. The molecule has 0 spiro atoms. The van der Waals surface area contributed by atoms with Crippen molar-refractivity contribution in [2.75, 3.05) is 0 Å². The quantitative estimate of drug-likeness (QED) is 0.143. The van der Waals surface area contributed by atoms with Crippen molar-refractivity contribution in [1.82, 2.24) is 10.1 Å². The second-order valence-electron chi connectivity index (χ2n) is 9.89. The molecule has 0 aliphatic rings. The van der Waals surface area contributed by atoms with Gasteiger partial charge in [0.05, 0.1) is 17.2 Å². The first-order chi connectivity index (χ1) is 20.4. The Balaban J connectivity index is 1.18. The highest BCUT2D eigenvalue weighted by molar-refractivity contribution is 7.89. The van der Waals surface area contributed by atoms with Crippen LogP contribution in [0.1, 0.15) is 34.7 Å². The summed E-state index contributed by atoms with van der Waals surface area (Å²) in [6.07, 6.45) is 1.40. The van der Waals surface area contributed by atoms with Gasteiger partial charge >= 0.3 is 0 Å². The lowest BCUT2D eigenvalue weighted by Gasteiger charge is -2.18. The van der Waals surface area contributed by atoms with Crippen LogP contribution in [0.4, 0.5) is 0 Å². The van der Waals surface area contributed by atoms with Crippen LogP contribution in [0.25, 0.3) is 10.8 Å². The van der Waals surface area contributed by atoms with Gasteiger partial charge in [0.1, 0.15) is 12.4 Å². The van der Waals surface area contributed by atoms with Gasteiger partial charge in [-0.15, -0.1) is 0 Å². The van der Waals surface area contributed by atoms with Gasteiger partial charge in [-0.2, -0.15) is 5.10 Å². The van der Waals surface area contributed by atoms with Crippen LogP contribution in [0.15, 0.2) is 131 Å². The van der Waals surface area contributed by atoms with Gasteiger partial charge in [0.2, 0.25) is 15.9 Å². The first kappa shape index (κ1) is 28.7. The summed E-state index contributed by atoms with van der Waals surface area (Å²) in [7, 11) is -3.85. The van der Waals surface area contributed by atoms with E-state index >= 15 is 0 Å². The molecule has 0 heterocycles. The number of amides is 1. The third-order valence-corrected chi connectivity index (χ3v) is 8.26. The smallest absolute Gasteiger partial charge is 0.242 e. The minimum absolute atomic E-state index is 0.132. The van der Waals surface area contributed by atoms with Gasteiger partial charge in [0.25, 0.3) is 0 Å². The molecule has 42 heavy (non-hydrogen) atoms. The van der Waals surface area contributed by atoms with Gasteiger partial charge < -0.3 is 4.74 Å². The summed E-state index contributed by atoms with van der Waals surface area (Å²) >= 11 is 0. The second kappa shape index (κ2) is 13.2. The number of sulfonamides is 1. The largest absolute Gasteiger partial charge is 0.489 e. The summed E-state index contributed by atoms with van der Waals surface area (Å²) in [5.41, 5.74) is 6.01. The number of aryl methyl sites for hydroxylation is 1. The average molecular weight is 578 g/mol. The molecule has 0 fully saturated rings. The van der Waals surface area contributed by atoms with E-state index in [1.165, 1.54) is 11.6 Å². The molecular formula is C34H31N3O4S. The van der Waals surface area contributed by atoms with Crippen molar-refractivity contribution in [3.05, 3.63) is 144 Å². The maximum Gasteiger partial charge on any atom is 0.242 e. The number of carbonyl (C=O) groups excluding carboxylic acids is 1. The standard InChI is InChI=1S/C34H31N3O4S/c1-25-14-20-31(21-15-25)42(39,40)37-33(28-9-3-2-4-10-28)22-34(38)36-35-23-26-16-18-30(19-17-26)41-24-29-12-7-11-27-8-5-6-13-32(27)29/h2-21,23,33,37H,22,24H2,1H3,(H,36,38)/b35-23-/t33-/m0/s1. The van der Waals surface area contributed by atoms with Crippen LogP contribution in [-0.4, -0.2) is 20.5 Å². The highest BCUT2D eigenvalue weighted by Gasteiger charge is 2.23. The lowest BCUT2D eigenvalue weighted by molar-refractivity contribution is -0.121. The zero-order chi connectivity index (χ0) is 29.4. The fraction of sp³-hybridized carbons (Fsp3) is 0.118. The van der Waals surface area contributed by atoms with Crippen LogP contribution in [-0.2, 0) is 21.4 Å². The van der Waals surface area contributed by atoms with E-state index in [0.717, 1.165) is 27.8 Å². The number of ether oxygens (including phenoxy) is 1. The maximum atomic E-state index is 13.0. The van der Waals surface area contributed by atoms with E-state index < -0.39 is 22.0 Å². The third-order valence-electron chi connectivity index (χ3n) is 6.78. The monoisotopic (exact) mass is 577 g/mol. The number of hydrogen-bond acceptors (Lipinski definition) is 5. The minimum atomic E-state index is -3.85. The Morgan fingerprint density at radius 3 is 2.29 bits per heavy atom. The predicted octanol–water partition coefficient (Wildman–Crippen LogP) is 6.29. The highest BCUT2D eigenvalue weighted by atomic mass is 32.2. The van der Waals surface area contributed by atoms with E-state index in [1.807, 2.05) is 55.5 Å². The van der Waals surface area contributed by atoms with Crippen LogP contribution in [0.2, 0.25) is 0 Å². The lowest BCUT2D eigenvalue weighted by Crippen LogP contribution is -2.32. The Labute approximate surface area is 245 Å². The SMILES string of the molecule is Cc1ccc(S(=O)(=O)N[C@@H](CC(=O)N/N=C\c2ccc(OCc3cccc4ccccc34)cc2)c2ccccc2)cc1. The number of rotatable bonds is 11. The van der Waals surface area contributed by atoms with Crippen molar-refractivity contribution in [3.8, 4) is 5.75 Å². The normalized spacial score (nSPS) is 12.3. The number of nitrogens with zero attached hydrogens (tertiary/aromatic N) is 1. The summed E-state index contributed by atoms with van der Waals surface area (Å²) in [5.74, 6) is 0.289. The third kappa shape index (κ3) is 7.48. The maximum absolute atomic E-state index is 13.0. The first-order valence-corrected chi connectivity index (χ1v) is 15.0. The number of fused-ring (bicyclic) bond motifs is 1. The van der Waals surface area contributed by atoms with Crippen molar-refractivity contribution in [2.24, 2.45) is 5.10 Å². The molecule has 0 aromatic heterocycles. The van der Waals surface area contributed by atoms with Crippen LogP contribution in [0.3, 0.4) is 0 Å². The Morgan fingerprint density at radius 1 is 0.833 bits per heavy atom. The van der Waals surface area contributed by atoms with Crippen LogP contribution < -0.4 is 14.9 Å². The predicted molar refractivity (Wildman–Crippen MR) is 166 cm³/mol. The topological polar surface area (TPSA) is 96.9 Å². The molecule has 0 bridgehead atoms. The zero-order valence-corrected chi connectivity index (χ0v) is 23.9. The minimum Gasteiger partial charge on any atom is -0.489 e. The van der Waals surface area contributed by atoms with Crippen LogP contribution >= 0.6 is 0 Å². The van der Waals surface area contributed by atoms with Gasteiger partial charge in [-0.1, -0.05) is 90.5 Å². The molecule has 0 aliphatic carbocycles. The number of hydrogen-bond donors (Lipinski definition) is 2. The Hall–Kier alpha value is -4.79. The van der Waals surface area contributed by atoms with Gasteiger partial charge in [-0.3, -0.25) is 4.79 Å². The Bertz CT molecular complexity index is 1780. The fourth-order valence-corrected chi connectivity index (χ4v) is 5.75. The molecule has 7 nitrogen and oxygen atoms in total. The van der Waals surface area contributed by atoms with Gasteiger partial charge in [0, 0.05) is 6.42 Å². The van der Waals surface area contributed by atoms with Gasteiger partial charge in [-0.05, 0) is 70.8 Å². The molecule has 0 saturated carbocycles. The van der Waals surface area contributed by atoms with E-state index in [1.54, 1.807) is 48.5 Å². The first-order valence-electron chi connectivity index (χ1n) is 13.5. The van der Waals surface area contributed by atoms with E-state index in [2.05, 4.69) is 39.5 Å². The molecule has 5 aromatic rings. The summed E-state index contributed by atoms with van der Waals surface area (Å²) in [5, 5.41) is 6.40. The van der Waals surface area contributed by atoms with Gasteiger partial charge in [0.15, 0.2) is 0 Å². The Morgan fingerprint density at radius 2 is 1.52 bits per heavy atom. The molecule has 1 amide bonds. The Kier molecular flexibility index (Phi) is 9.06. The molecule has 8 heteroatoms. The molecule has 0 unspecified atom stereocenters. The fourth-order valence-electron chi connectivity index (χ4n) is 4.53. The molecule has 0 aliphatic heterocycles. The molecule has 0 radical (unpaired) electrons. The molecule has 5 rings (SSSR count). The van der Waals surface area contributed by atoms with E-state index in [0.29, 0.717) is 12.2 Å². The van der Waals surface area contributed by atoms with Crippen LogP contribution in [0.5, 0.6) is 5.75 Å². The molecule has 0 saturated heterocycles. The molecular weight excluding hydrogens is 546 g/mol. The lowest BCUT2D eigenvalue weighted by atomic mass is 10.0. The summed E-state index contributed by atoms with van der Waals surface area (Å²) < 4.78 is 34.7. The van der Waals surface area contributed by atoms with Crippen molar-refractivity contribution in [3.63, 3.8) is 0 Å². The van der Waals surface area contributed by atoms with E-state index in [4.69, 9.17) is 4.74 Å². The number of carbonyl (C=O) groups is 1. The highest BCUT2D eigenvalue weighted by Crippen LogP contribution is 2.22.